The minimum absolute atomic E-state index is 0.122. The van der Waals surface area contributed by atoms with E-state index in [1.807, 2.05) is 42.7 Å². The van der Waals surface area contributed by atoms with Gasteiger partial charge in [-0.3, -0.25) is 4.79 Å². The third kappa shape index (κ3) is 4.49. The van der Waals surface area contributed by atoms with E-state index in [0.717, 1.165) is 48.3 Å². The Balaban J connectivity index is 1.35. The maximum Gasteiger partial charge on any atom is 0.251 e. The van der Waals surface area contributed by atoms with Gasteiger partial charge in [-0.2, -0.15) is 5.26 Å². The fraction of sp³-hybridized carbons (Fsp3) is 0.286. The predicted molar refractivity (Wildman–Crippen MR) is 136 cm³/mol. The quantitative estimate of drug-likeness (QED) is 0.461. The summed E-state index contributed by atoms with van der Waals surface area (Å²) in [6.45, 7) is 1.89. The molecule has 34 heavy (non-hydrogen) atoms. The van der Waals surface area contributed by atoms with Gasteiger partial charge in [0.2, 0.25) is 0 Å². The number of nitriles is 1. The van der Waals surface area contributed by atoms with Gasteiger partial charge in [-0.25, -0.2) is 0 Å². The number of carbonyl (C=O) groups is 1. The lowest BCUT2D eigenvalue weighted by Gasteiger charge is -2.25. The van der Waals surface area contributed by atoms with E-state index in [1.165, 1.54) is 4.90 Å². The van der Waals surface area contributed by atoms with Crippen LogP contribution in [0.5, 0.6) is 5.75 Å². The fourth-order valence-electron chi connectivity index (χ4n) is 4.38. The lowest BCUT2D eigenvalue weighted by Crippen LogP contribution is -2.23. The molecule has 1 fully saturated rings. The van der Waals surface area contributed by atoms with Crippen molar-refractivity contribution in [3.8, 4) is 11.8 Å². The SMILES string of the molecule is CSc1ccc(CNC(=O)c2ccc3c(c2)OCCCN3c2cccc(C3(C#N)CC3)c2)cc1. The van der Waals surface area contributed by atoms with Crippen molar-refractivity contribution in [2.45, 2.75) is 36.1 Å². The van der Waals surface area contributed by atoms with Crippen LogP contribution in [0.25, 0.3) is 0 Å². The monoisotopic (exact) mass is 469 g/mol. The molecule has 3 aromatic carbocycles. The smallest absolute Gasteiger partial charge is 0.251 e. The average Bonchev–Trinajstić information content (AvgIpc) is 3.71. The van der Waals surface area contributed by atoms with Crippen molar-refractivity contribution in [3.05, 3.63) is 83.4 Å². The Kier molecular flexibility index (Phi) is 6.21. The lowest BCUT2D eigenvalue weighted by atomic mass is 9.97. The van der Waals surface area contributed by atoms with Crippen molar-refractivity contribution in [1.29, 1.82) is 5.26 Å². The topological polar surface area (TPSA) is 65.4 Å². The number of rotatable bonds is 6. The van der Waals surface area contributed by atoms with Crippen LogP contribution >= 0.6 is 11.8 Å². The van der Waals surface area contributed by atoms with E-state index in [2.05, 4.69) is 46.6 Å². The number of amides is 1. The first kappa shape index (κ1) is 22.4. The van der Waals surface area contributed by atoms with Crippen LogP contribution in [0.2, 0.25) is 0 Å². The molecular formula is C28H27N3O2S. The summed E-state index contributed by atoms with van der Waals surface area (Å²) >= 11 is 1.70. The van der Waals surface area contributed by atoms with Crippen molar-refractivity contribution in [1.82, 2.24) is 5.32 Å². The van der Waals surface area contributed by atoms with Gasteiger partial charge in [0.1, 0.15) is 5.75 Å². The highest BCUT2D eigenvalue weighted by Gasteiger charge is 2.45. The van der Waals surface area contributed by atoms with Gasteiger partial charge in [-0.15, -0.1) is 11.8 Å². The van der Waals surface area contributed by atoms with Crippen LogP contribution in [-0.4, -0.2) is 25.3 Å². The van der Waals surface area contributed by atoms with Crippen LogP contribution in [0.15, 0.2) is 71.6 Å². The molecule has 1 aliphatic heterocycles. The van der Waals surface area contributed by atoms with Crippen molar-refractivity contribution in [3.63, 3.8) is 0 Å². The summed E-state index contributed by atoms with van der Waals surface area (Å²) in [6.07, 6.45) is 4.76. The first-order chi connectivity index (χ1) is 16.6. The number of thioether (sulfide) groups is 1. The number of carbonyl (C=O) groups excluding carboxylic acids is 1. The molecule has 3 aromatic rings. The maximum atomic E-state index is 12.8. The molecular weight excluding hydrogens is 442 g/mol. The highest BCUT2D eigenvalue weighted by atomic mass is 32.2. The summed E-state index contributed by atoms with van der Waals surface area (Å²) in [4.78, 5) is 16.3. The Morgan fingerprint density at radius 2 is 1.97 bits per heavy atom. The van der Waals surface area contributed by atoms with Gasteiger partial charge in [-0.1, -0.05) is 24.3 Å². The van der Waals surface area contributed by atoms with Gasteiger partial charge < -0.3 is 15.0 Å². The number of hydrogen-bond acceptors (Lipinski definition) is 5. The second kappa shape index (κ2) is 9.44. The number of benzene rings is 3. The highest BCUT2D eigenvalue weighted by Crippen LogP contribution is 2.48. The molecule has 0 saturated heterocycles. The van der Waals surface area contributed by atoms with Gasteiger partial charge in [0.05, 0.1) is 23.8 Å². The molecule has 1 saturated carbocycles. The zero-order valence-corrected chi connectivity index (χ0v) is 20.0. The molecule has 5 nitrogen and oxygen atoms in total. The minimum Gasteiger partial charge on any atom is -0.491 e. The van der Waals surface area contributed by atoms with Crippen LogP contribution < -0.4 is 15.0 Å². The second-order valence-electron chi connectivity index (χ2n) is 8.81. The van der Waals surface area contributed by atoms with Crippen molar-refractivity contribution < 1.29 is 9.53 Å². The molecule has 0 atom stereocenters. The Morgan fingerprint density at radius 1 is 1.15 bits per heavy atom. The normalized spacial score (nSPS) is 15.9. The molecule has 5 rings (SSSR count). The molecule has 1 heterocycles. The molecule has 1 N–H and O–H groups in total. The van der Waals surface area contributed by atoms with E-state index in [0.29, 0.717) is 24.5 Å². The largest absolute Gasteiger partial charge is 0.491 e. The molecule has 1 amide bonds. The molecule has 1 aliphatic carbocycles. The summed E-state index contributed by atoms with van der Waals surface area (Å²) < 4.78 is 6.03. The molecule has 2 aliphatic rings. The van der Waals surface area contributed by atoms with E-state index in [-0.39, 0.29) is 11.3 Å². The Bertz CT molecular complexity index is 1250. The molecule has 6 heteroatoms. The summed E-state index contributed by atoms with van der Waals surface area (Å²) in [5.41, 5.74) is 4.40. The third-order valence-corrected chi connectivity index (χ3v) is 7.33. The van der Waals surface area contributed by atoms with Crippen molar-refractivity contribution in [2.75, 3.05) is 24.3 Å². The minimum atomic E-state index is -0.321. The van der Waals surface area contributed by atoms with Crippen molar-refractivity contribution >= 4 is 29.0 Å². The van der Waals surface area contributed by atoms with Gasteiger partial charge >= 0.3 is 0 Å². The molecule has 0 unspecified atom stereocenters. The second-order valence-corrected chi connectivity index (χ2v) is 9.69. The van der Waals surface area contributed by atoms with Crippen LogP contribution in [0.1, 0.15) is 40.7 Å². The predicted octanol–water partition coefficient (Wildman–Crippen LogP) is 5.81. The third-order valence-electron chi connectivity index (χ3n) is 6.58. The van der Waals surface area contributed by atoms with E-state index < -0.39 is 0 Å². The summed E-state index contributed by atoms with van der Waals surface area (Å²) in [5.74, 6) is 0.587. The molecule has 0 bridgehead atoms. The zero-order valence-electron chi connectivity index (χ0n) is 19.2. The van der Waals surface area contributed by atoms with Gasteiger partial charge in [0.25, 0.3) is 5.91 Å². The number of anilines is 2. The van der Waals surface area contributed by atoms with Crippen LogP contribution in [0.4, 0.5) is 11.4 Å². The average molecular weight is 470 g/mol. The number of fused-ring (bicyclic) bond motifs is 1. The fourth-order valence-corrected chi connectivity index (χ4v) is 4.78. The van der Waals surface area contributed by atoms with E-state index in [1.54, 1.807) is 11.8 Å². The lowest BCUT2D eigenvalue weighted by molar-refractivity contribution is 0.0950. The van der Waals surface area contributed by atoms with E-state index in [4.69, 9.17) is 4.74 Å². The van der Waals surface area contributed by atoms with E-state index >= 15 is 0 Å². The number of nitrogens with zero attached hydrogens (tertiary/aromatic N) is 2. The van der Waals surface area contributed by atoms with Crippen LogP contribution in [0.3, 0.4) is 0 Å². The summed E-state index contributed by atoms with van der Waals surface area (Å²) in [6, 6.07) is 24.6. The van der Waals surface area contributed by atoms with Crippen LogP contribution in [0, 0.1) is 11.3 Å². The number of hydrogen-bond donors (Lipinski definition) is 1. The standard InChI is InChI=1S/C28H27N3O2S/c1-34-24-9-6-20(7-10-24)18-30-27(32)21-8-11-25-26(16-21)33-15-3-14-31(25)23-5-2-4-22(17-23)28(19-29)12-13-28/h2,4-11,16-17H,3,12-15,18H2,1H3,(H,30,32). The Hall–Kier alpha value is -3.43. The Labute approximate surface area is 204 Å². The molecule has 0 spiro atoms. The first-order valence-electron chi connectivity index (χ1n) is 11.6. The van der Waals surface area contributed by atoms with Gasteiger partial charge in [0, 0.05) is 29.2 Å². The number of ether oxygens (including phenoxy) is 1. The van der Waals surface area contributed by atoms with Crippen molar-refractivity contribution in [2.24, 2.45) is 0 Å². The van der Waals surface area contributed by atoms with Crippen LogP contribution in [-0.2, 0) is 12.0 Å². The number of nitrogens with one attached hydrogen (secondary N) is 1. The first-order valence-corrected chi connectivity index (χ1v) is 12.8. The maximum absolute atomic E-state index is 12.8. The Morgan fingerprint density at radius 3 is 2.71 bits per heavy atom. The van der Waals surface area contributed by atoms with Gasteiger partial charge in [0.15, 0.2) is 0 Å². The summed E-state index contributed by atoms with van der Waals surface area (Å²) in [5, 5.41) is 12.6. The molecule has 0 aromatic heterocycles. The molecule has 172 valence electrons. The van der Waals surface area contributed by atoms with E-state index in [9.17, 15) is 10.1 Å². The van der Waals surface area contributed by atoms with Gasteiger partial charge in [-0.05, 0) is 79.1 Å². The molecule has 0 radical (unpaired) electrons. The highest BCUT2D eigenvalue weighted by molar-refractivity contribution is 7.98. The zero-order chi connectivity index (χ0) is 23.5. The summed E-state index contributed by atoms with van der Waals surface area (Å²) in [7, 11) is 0.